The number of carbonyl (C=O) groups is 2. The van der Waals surface area contributed by atoms with E-state index in [2.05, 4.69) is 0 Å². The zero-order chi connectivity index (χ0) is 20.4. The summed E-state index contributed by atoms with van der Waals surface area (Å²) in [4.78, 5) is 28.1. The fraction of sp³-hybridized carbons (Fsp3) is 0.556. The van der Waals surface area contributed by atoms with Crippen molar-refractivity contribution in [2.45, 2.75) is 37.3 Å². The van der Waals surface area contributed by atoms with E-state index < -0.39 is 33.5 Å². The van der Waals surface area contributed by atoms with Crippen LogP contribution in [-0.4, -0.2) is 70.0 Å². The van der Waals surface area contributed by atoms with Gasteiger partial charge >= 0.3 is 12.1 Å². The first-order chi connectivity index (χ1) is 12.4. The van der Waals surface area contributed by atoms with Gasteiger partial charge in [0.05, 0.1) is 12.0 Å². The average Bonchev–Trinajstić information content (AvgIpc) is 2.58. The van der Waals surface area contributed by atoms with E-state index >= 15 is 0 Å². The second kappa shape index (κ2) is 7.75. The van der Waals surface area contributed by atoms with Crippen LogP contribution in [0, 0.1) is 0 Å². The molecule has 0 aromatic heterocycles. The van der Waals surface area contributed by atoms with Crippen molar-refractivity contribution in [3.05, 3.63) is 24.3 Å². The lowest BCUT2D eigenvalue weighted by molar-refractivity contribution is -0.147. The number of amides is 1. The Bertz CT molecular complexity index is 815. The van der Waals surface area contributed by atoms with Gasteiger partial charge in [-0.3, -0.25) is 4.90 Å². The summed E-state index contributed by atoms with van der Waals surface area (Å²) in [6, 6.07) is 5.66. The molecule has 27 heavy (non-hydrogen) atoms. The molecule has 0 spiro atoms. The molecule has 0 bridgehead atoms. The summed E-state index contributed by atoms with van der Waals surface area (Å²) < 4.78 is 33.8. The second-order valence-electron chi connectivity index (χ2n) is 7.43. The third-order valence-corrected chi connectivity index (χ3v) is 5.20. The number of carbonyl (C=O) groups excluding carboxylic acids is 2. The highest BCUT2D eigenvalue weighted by atomic mass is 32.2. The van der Waals surface area contributed by atoms with Gasteiger partial charge in [-0.1, -0.05) is 6.07 Å². The Morgan fingerprint density at radius 3 is 2.41 bits per heavy atom. The SMILES string of the molecule is COC(=O)[C@@H]1CN(c2cccc(S(C)(=O)=O)c2)CCN1C(=O)OC(C)(C)C. The Hall–Kier alpha value is -2.29. The van der Waals surface area contributed by atoms with E-state index in [-0.39, 0.29) is 18.0 Å². The molecule has 8 nitrogen and oxygen atoms in total. The normalized spacial score (nSPS) is 18.2. The van der Waals surface area contributed by atoms with Gasteiger partial charge < -0.3 is 14.4 Å². The van der Waals surface area contributed by atoms with E-state index in [0.29, 0.717) is 12.2 Å². The maximum Gasteiger partial charge on any atom is 0.411 e. The molecule has 0 N–H and O–H groups in total. The molecule has 0 aliphatic carbocycles. The van der Waals surface area contributed by atoms with E-state index in [4.69, 9.17) is 9.47 Å². The minimum Gasteiger partial charge on any atom is -0.467 e. The van der Waals surface area contributed by atoms with Crippen LogP contribution in [-0.2, 0) is 24.1 Å². The minimum absolute atomic E-state index is 0.180. The van der Waals surface area contributed by atoms with Crippen LogP contribution >= 0.6 is 0 Å². The first-order valence-electron chi connectivity index (χ1n) is 8.55. The molecular weight excluding hydrogens is 372 g/mol. The first kappa shape index (κ1) is 21.0. The lowest BCUT2D eigenvalue weighted by atomic mass is 10.1. The number of anilines is 1. The molecule has 150 valence electrons. The molecule has 2 rings (SSSR count). The van der Waals surface area contributed by atoms with Gasteiger partial charge in [-0.15, -0.1) is 0 Å². The maximum atomic E-state index is 12.5. The highest BCUT2D eigenvalue weighted by Crippen LogP contribution is 2.24. The van der Waals surface area contributed by atoms with Gasteiger partial charge in [-0.25, -0.2) is 18.0 Å². The molecule has 1 fully saturated rings. The number of sulfone groups is 1. The lowest BCUT2D eigenvalue weighted by Crippen LogP contribution is -2.59. The van der Waals surface area contributed by atoms with Crippen molar-refractivity contribution in [3.8, 4) is 0 Å². The molecule has 1 aromatic rings. The number of rotatable bonds is 3. The fourth-order valence-electron chi connectivity index (χ4n) is 2.81. The van der Waals surface area contributed by atoms with E-state index in [1.807, 2.05) is 4.90 Å². The standard InChI is InChI=1S/C18H26N2O6S/c1-18(2,3)26-17(22)20-10-9-19(12-15(20)16(21)25-4)13-7-6-8-14(11-13)27(5,23)24/h6-8,11,15H,9-10,12H2,1-5H3/t15-/m0/s1. The summed E-state index contributed by atoms with van der Waals surface area (Å²) in [6.45, 7) is 6.12. The highest BCUT2D eigenvalue weighted by molar-refractivity contribution is 7.90. The summed E-state index contributed by atoms with van der Waals surface area (Å²) in [5, 5.41) is 0. The number of esters is 1. The van der Waals surface area contributed by atoms with Gasteiger partial charge in [0.25, 0.3) is 0 Å². The Morgan fingerprint density at radius 2 is 1.85 bits per heavy atom. The quantitative estimate of drug-likeness (QED) is 0.715. The number of piperazine rings is 1. The van der Waals surface area contributed by atoms with Crippen LogP contribution in [0.2, 0.25) is 0 Å². The molecule has 1 amide bonds. The topological polar surface area (TPSA) is 93.2 Å². The van der Waals surface area contributed by atoms with Crippen LogP contribution in [0.15, 0.2) is 29.2 Å². The average molecular weight is 398 g/mol. The van der Waals surface area contributed by atoms with Crippen LogP contribution in [0.1, 0.15) is 20.8 Å². The molecule has 1 aliphatic rings. The highest BCUT2D eigenvalue weighted by Gasteiger charge is 2.38. The molecular formula is C18H26N2O6S. The maximum absolute atomic E-state index is 12.5. The summed E-state index contributed by atoms with van der Waals surface area (Å²) >= 11 is 0. The molecule has 1 heterocycles. The third kappa shape index (κ3) is 5.35. The van der Waals surface area contributed by atoms with Gasteiger partial charge in [-0.2, -0.15) is 0 Å². The van der Waals surface area contributed by atoms with Crippen LogP contribution in [0.4, 0.5) is 10.5 Å². The predicted molar refractivity (Wildman–Crippen MR) is 101 cm³/mol. The number of benzene rings is 1. The van der Waals surface area contributed by atoms with Crippen molar-refractivity contribution in [2.24, 2.45) is 0 Å². The first-order valence-corrected chi connectivity index (χ1v) is 10.4. The largest absolute Gasteiger partial charge is 0.467 e. The zero-order valence-electron chi connectivity index (χ0n) is 16.3. The van der Waals surface area contributed by atoms with Crippen molar-refractivity contribution >= 4 is 27.6 Å². The molecule has 9 heteroatoms. The van der Waals surface area contributed by atoms with Crippen LogP contribution < -0.4 is 4.90 Å². The lowest BCUT2D eigenvalue weighted by Gasteiger charge is -2.41. The Morgan fingerprint density at radius 1 is 1.19 bits per heavy atom. The Labute approximate surface area is 160 Å². The second-order valence-corrected chi connectivity index (χ2v) is 9.44. The van der Waals surface area contributed by atoms with E-state index in [0.717, 1.165) is 6.26 Å². The Kier molecular flexibility index (Phi) is 6.04. The molecule has 1 aromatic carbocycles. The molecule has 1 aliphatic heterocycles. The van der Waals surface area contributed by atoms with Crippen molar-refractivity contribution in [3.63, 3.8) is 0 Å². The van der Waals surface area contributed by atoms with Crippen molar-refractivity contribution in [2.75, 3.05) is 37.9 Å². The molecule has 1 saturated heterocycles. The molecule has 1 atom stereocenters. The van der Waals surface area contributed by atoms with E-state index in [1.54, 1.807) is 39.0 Å². The molecule has 0 saturated carbocycles. The molecule has 0 unspecified atom stereocenters. The van der Waals surface area contributed by atoms with Crippen LogP contribution in [0.25, 0.3) is 0 Å². The summed E-state index contributed by atoms with van der Waals surface area (Å²) in [5.74, 6) is -0.551. The van der Waals surface area contributed by atoms with Crippen LogP contribution in [0.3, 0.4) is 0 Å². The molecule has 0 radical (unpaired) electrons. The van der Waals surface area contributed by atoms with Crippen molar-refractivity contribution < 1.29 is 27.5 Å². The third-order valence-electron chi connectivity index (χ3n) is 4.09. The number of nitrogens with zero attached hydrogens (tertiary/aromatic N) is 2. The minimum atomic E-state index is -3.35. The number of hydrogen-bond acceptors (Lipinski definition) is 7. The summed E-state index contributed by atoms with van der Waals surface area (Å²) in [6.07, 6.45) is 0.562. The Balaban J connectivity index is 2.26. The zero-order valence-corrected chi connectivity index (χ0v) is 17.1. The number of methoxy groups -OCH3 is 1. The van der Waals surface area contributed by atoms with Gasteiger partial charge in [0, 0.05) is 31.6 Å². The van der Waals surface area contributed by atoms with E-state index in [1.165, 1.54) is 18.1 Å². The fourth-order valence-corrected chi connectivity index (χ4v) is 3.47. The number of ether oxygens (including phenoxy) is 2. The van der Waals surface area contributed by atoms with Crippen molar-refractivity contribution in [1.29, 1.82) is 0 Å². The van der Waals surface area contributed by atoms with Gasteiger partial charge in [0.2, 0.25) is 0 Å². The van der Waals surface area contributed by atoms with Gasteiger partial charge in [0.15, 0.2) is 15.9 Å². The van der Waals surface area contributed by atoms with Crippen molar-refractivity contribution in [1.82, 2.24) is 4.90 Å². The van der Waals surface area contributed by atoms with Gasteiger partial charge in [-0.05, 0) is 39.0 Å². The van der Waals surface area contributed by atoms with Gasteiger partial charge in [0.1, 0.15) is 5.60 Å². The van der Waals surface area contributed by atoms with E-state index in [9.17, 15) is 18.0 Å². The van der Waals surface area contributed by atoms with Crippen LogP contribution in [0.5, 0.6) is 0 Å². The predicted octanol–water partition coefficient (Wildman–Crippen LogP) is 1.69. The summed E-state index contributed by atoms with van der Waals surface area (Å²) in [7, 11) is -2.08. The number of hydrogen-bond donors (Lipinski definition) is 0. The smallest absolute Gasteiger partial charge is 0.411 e. The monoisotopic (exact) mass is 398 g/mol. The summed E-state index contributed by atoms with van der Waals surface area (Å²) in [5.41, 5.74) is -0.0192.